The molecule has 0 saturated carbocycles. The Labute approximate surface area is 177 Å². The standard InChI is InChI=1S/C22H21ClFN5O/c1-12(2)29-19(7-9-26-29)16-6-8-25-21(20(16)24)27-13(3)17-11-14-10-15(23)4-5-18(14)28-22(17)30/h4-13H,1-3H3,(H,25,27)(H,28,30). The highest BCUT2D eigenvalue weighted by Gasteiger charge is 2.19. The highest BCUT2D eigenvalue weighted by atomic mass is 35.5. The summed E-state index contributed by atoms with van der Waals surface area (Å²) in [6.07, 6.45) is 3.18. The van der Waals surface area contributed by atoms with Gasteiger partial charge in [-0.15, -0.1) is 0 Å². The van der Waals surface area contributed by atoms with E-state index in [0.29, 0.717) is 27.4 Å². The predicted molar refractivity (Wildman–Crippen MR) is 117 cm³/mol. The molecule has 0 aliphatic heterocycles. The van der Waals surface area contributed by atoms with Crippen molar-refractivity contribution in [2.75, 3.05) is 5.32 Å². The molecule has 0 fully saturated rings. The van der Waals surface area contributed by atoms with Crippen molar-refractivity contribution in [3.63, 3.8) is 0 Å². The van der Waals surface area contributed by atoms with Crippen LogP contribution in [0.3, 0.4) is 0 Å². The summed E-state index contributed by atoms with van der Waals surface area (Å²) in [6, 6.07) is 9.99. The number of aromatic nitrogens is 4. The number of H-pyrrole nitrogens is 1. The molecule has 2 N–H and O–H groups in total. The Morgan fingerprint density at radius 3 is 2.70 bits per heavy atom. The van der Waals surface area contributed by atoms with Crippen LogP contribution in [-0.4, -0.2) is 19.7 Å². The lowest BCUT2D eigenvalue weighted by atomic mass is 10.1. The molecule has 0 saturated heterocycles. The zero-order chi connectivity index (χ0) is 21.4. The second-order valence-corrected chi connectivity index (χ2v) is 7.86. The minimum absolute atomic E-state index is 0.0714. The predicted octanol–water partition coefficient (Wildman–Crippen LogP) is 5.33. The summed E-state index contributed by atoms with van der Waals surface area (Å²) in [6.45, 7) is 5.75. The van der Waals surface area contributed by atoms with E-state index >= 15 is 4.39 Å². The number of nitrogens with one attached hydrogen (secondary N) is 2. The highest BCUT2D eigenvalue weighted by Crippen LogP contribution is 2.29. The fourth-order valence-electron chi connectivity index (χ4n) is 3.48. The van der Waals surface area contributed by atoms with Gasteiger partial charge in [0.25, 0.3) is 5.56 Å². The molecule has 6 nitrogen and oxygen atoms in total. The second-order valence-electron chi connectivity index (χ2n) is 7.43. The summed E-state index contributed by atoms with van der Waals surface area (Å²) in [5.74, 6) is -0.422. The summed E-state index contributed by atoms with van der Waals surface area (Å²) >= 11 is 6.07. The SMILES string of the molecule is CC(Nc1nccc(-c2ccnn2C(C)C)c1F)c1cc2cc(Cl)ccc2[nH]c1=O. The normalized spacial score (nSPS) is 12.5. The third-order valence-electron chi connectivity index (χ3n) is 4.98. The zero-order valence-corrected chi connectivity index (χ0v) is 17.5. The van der Waals surface area contributed by atoms with Crippen LogP contribution in [0.25, 0.3) is 22.2 Å². The van der Waals surface area contributed by atoms with Crippen molar-refractivity contribution in [2.24, 2.45) is 0 Å². The van der Waals surface area contributed by atoms with Gasteiger partial charge in [0.2, 0.25) is 0 Å². The maximum Gasteiger partial charge on any atom is 0.253 e. The quantitative estimate of drug-likeness (QED) is 0.453. The first kappa shape index (κ1) is 20.1. The van der Waals surface area contributed by atoms with Gasteiger partial charge in [-0.05, 0) is 57.2 Å². The van der Waals surface area contributed by atoms with Gasteiger partial charge in [0.1, 0.15) is 0 Å². The number of nitrogens with zero attached hydrogens (tertiary/aromatic N) is 3. The third-order valence-corrected chi connectivity index (χ3v) is 5.21. The van der Waals surface area contributed by atoms with E-state index in [9.17, 15) is 4.79 Å². The topological polar surface area (TPSA) is 75.6 Å². The van der Waals surface area contributed by atoms with Crippen molar-refractivity contribution in [2.45, 2.75) is 32.9 Å². The van der Waals surface area contributed by atoms with E-state index in [1.165, 1.54) is 6.20 Å². The van der Waals surface area contributed by atoms with Crippen LogP contribution in [-0.2, 0) is 0 Å². The first-order valence-corrected chi connectivity index (χ1v) is 10.0. The van der Waals surface area contributed by atoms with Gasteiger partial charge < -0.3 is 10.3 Å². The smallest absolute Gasteiger partial charge is 0.253 e. The van der Waals surface area contributed by atoms with Gasteiger partial charge in [-0.3, -0.25) is 9.48 Å². The van der Waals surface area contributed by atoms with Crippen molar-refractivity contribution in [3.05, 3.63) is 75.5 Å². The summed E-state index contributed by atoms with van der Waals surface area (Å²) in [7, 11) is 0. The lowest BCUT2D eigenvalue weighted by molar-refractivity contribution is 0.535. The molecule has 0 radical (unpaired) electrons. The molecule has 0 aliphatic rings. The molecule has 1 atom stereocenters. The zero-order valence-electron chi connectivity index (χ0n) is 16.8. The summed E-state index contributed by atoms with van der Waals surface area (Å²) in [5.41, 5.74) is 1.96. The Morgan fingerprint density at radius 2 is 1.93 bits per heavy atom. The van der Waals surface area contributed by atoms with Crippen molar-refractivity contribution in [1.82, 2.24) is 19.7 Å². The highest BCUT2D eigenvalue weighted by molar-refractivity contribution is 6.31. The maximum absolute atomic E-state index is 15.3. The van der Waals surface area contributed by atoms with Crippen LogP contribution in [0.5, 0.6) is 0 Å². The summed E-state index contributed by atoms with van der Waals surface area (Å²) < 4.78 is 17.0. The first-order chi connectivity index (χ1) is 14.3. The third kappa shape index (κ3) is 3.68. The van der Waals surface area contributed by atoms with Crippen molar-refractivity contribution >= 4 is 28.3 Å². The maximum atomic E-state index is 15.3. The molecule has 1 aromatic carbocycles. The van der Waals surface area contributed by atoms with Gasteiger partial charge in [-0.2, -0.15) is 5.10 Å². The molecule has 4 rings (SSSR count). The van der Waals surface area contributed by atoms with E-state index in [-0.39, 0.29) is 17.4 Å². The molecular weight excluding hydrogens is 405 g/mol. The summed E-state index contributed by atoms with van der Waals surface area (Å²) in [4.78, 5) is 19.5. The molecule has 3 aromatic heterocycles. The Bertz CT molecular complexity index is 1280. The Morgan fingerprint density at radius 1 is 1.13 bits per heavy atom. The molecule has 1 unspecified atom stereocenters. The average Bonchev–Trinajstić information content (AvgIpc) is 3.19. The van der Waals surface area contributed by atoms with Crippen LogP contribution in [0.2, 0.25) is 5.02 Å². The van der Waals surface area contributed by atoms with Crippen LogP contribution in [0.15, 0.2) is 53.6 Å². The van der Waals surface area contributed by atoms with E-state index in [1.807, 2.05) is 13.8 Å². The average molecular weight is 426 g/mol. The van der Waals surface area contributed by atoms with E-state index in [1.54, 1.807) is 54.2 Å². The van der Waals surface area contributed by atoms with Crippen molar-refractivity contribution in [3.8, 4) is 11.3 Å². The van der Waals surface area contributed by atoms with Gasteiger partial charge in [0.05, 0.1) is 11.7 Å². The number of rotatable bonds is 5. The minimum Gasteiger partial charge on any atom is -0.361 e. The van der Waals surface area contributed by atoms with Crippen LogP contribution in [0, 0.1) is 5.82 Å². The molecule has 3 heterocycles. The summed E-state index contributed by atoms with van der Waals surface area (Å²) in [5, 5.41) is 8.67. The lowest BCUT2D eigenvalue weighted by Crippen LogP contribution is -2.20. The van der Waals surface area contributed by atoms with Gasteiger partial charge in [-0.25, -0.2) is 9.37 Å². The first-order valence-electron chi connectivity index (χ1n) is 9.62. The Balaban J connectivity index is 1.70. The Hall–Kier alpha value is -3.19. The number of aromatic amines is 1. The monoisotopic (exact) mass is 425 g/mol. The molecule has 4 aromatic rings. The van der Waals surface area contributed by atoms with Crippen LogP contribution in [0.4, 0.5) is 10.2 Å². The molecule has 8 heteroatoms. The van der Waals surface area contributed by atoms with E-state index in [4.69, 9.17) is 11.6 Å². The number of anilines is 1. The van der Waals surface area contributed by atoms with Gasteiger partial charge in [0, 0.05) is 45.5 Å². The fraction of sp³-hybridized carbons (Fsp3) is 0.227. The number of fused-ring (bicyclic) bond motifs is 1. The van der Waals surface area contributed by atoms with Gasteiger partial charge >= 0.3 is 0 Å². The lowest BCUT2D eigenvalue weighted by Gasteiger charge is -2.17. The number of halogens is 2. The second kappa shape index (κ2) is 7.91. The van der Waals surface area contributed by atoms with Gasteiger partial charge in [-0.1, -0.05) is 11.6 Å². The minimum atomic E-state index is -0.494. The van der Waals surface area contributed by atoms with Crippen LogP contribution >= 0.6 is 11.6 Å². The number of hydrogen-bond donors (Lipinski definition) is 2. The molecule has 154 valence electrons. The van der Waals surface area contributed by atoms with E-state index < -0.39 is 11.9 Å². The Kier molecular flexibility index (Phi) is 5.30. The number of hydrogen-bond acceptors (Lipinski definition) is 4. The van der Waals surface area contributed by atoms with Crippen molar-refractivity contribution < 1.29 is 4.39 Å². The number of pyridine rings is 2. The fourth-order valence-corrected chi connectivity index (χ4v) is 3.66. The van der Waals surface area contributed by atoms with Crippen LogP contribution in [0.1, 0.15) is 38.4 Å². The largest absolute Gasteiger partial charge is 0.361 e. The van der Waals surface area contributed by atoms with E-state index in [2.05, 4.69) is 20.4 Å². The molecule has 0 spiro atoms. The number of benzene rings is 1. The molecule has 0 aliphatic carbocycles. The molecule has 30 heavy (non-hydrogen) atoms. The van der Waals surface area contributed by atoms with Crippen molar-refractivity contribution in [1.29, 1.82) is 0 Å². The molecule has 0 amide bonds. The molecular formula is C22H21ClFN5O. The molecule has 0 bridgehead atoms. The van der Waals surface area contributed by atoms with Crippen LogP contribution < -0.4 is 10.9 Å². The van der Waals surface area contributed by atoms with Gasteiger partial charge in [0.15, 0.2) is 11.6 Å². The van der Waals surface area contributed by atoms with E-state index in [0.717, 1.165) is 5.39 Å².